The van der Waals surface area contributed by atoms with Gasteiger partial charge in [0.15, 0.2) is 0 Å². The molecule has 0 unspecified atom stereocenters. The second-order valence-corrected chi connectivity index (χ2v) is 6.20. The fourth-order valence-corrected chi connectivity index (χ4v) is 2.74. The average Bonchev–Trinajstić information content (AvgIpc) is 3.29. The number of hydrogen-bond acceptors (Lipinski definition) is 3. The number of halogens is 1. The summed E-state index contributed by atoms with van der Waals surface area (Å²) in [5.74, 6) is 0.609. The van der Waals surface area contributed by atoms with E-state index in [-0.39, 0.29) is 24.4 Å². The van der Waals surface area contributed by atoms with Crippen molar-refractivity contribution in [3.05, 3.63) is 35.5 Å². The van der Waals surface area contributed by atoms with Crippen LogP contribution >= 0.6 is 12.4 Å². The van der Waals surface area contributed by atoms with Gasteiger partial charge in [-0.2, -0.15) is 0 Å². The minimum atomic E-state index is -0.104. The molecule has 1 atom stereocenters. The maximum absolute atomic E-state index is 12.2. The van der Waals surface area contributed by atoms with Crippen LogP contribution in [-0.4, -0.2) is 30.0 Å². The third-order valence-electron chi connectivity index (χ3n) is 4.24. The molecule has 1 heterocycles. The molecule has 2 aromatic rings. The molecule has 0 saturated heterocycles. The molecule has 0 radical (unpaired) electrons. The lowest BCUT2D eigenvalue weighted by molar-refractivity contribution is 0.0946. The molecule has 1 aliphatic carbocycles. The van der Waals surface area contributed by atoms with Crippen LogP contribution < -0.4 is 16.8 Å². The van der Waals surface area contributed by atoms with Crippen molar-refractivity contribution >= 4 is 29.2 Å². The minimum absolute atomic E-state index is 0. The molecular weight excluding hydrogens is 312 g/mol. The first-order valence-corrected chi connectivity index (χ1v) is 8.04. The van der Waals surface area contributed by atoms with Crippen LogP contribution in [0.25, 0.3) is 10.9 Å². The van der Waals surface area contributed by atoms with Gasteiger partial charge in [-0.1, -0.05) is 12.1 Å². The summed E-state index contributed by atoms with van der Waals surface area (Å²) < 4.78 is 0. The smallest absolute Gasteiger partial charge is 0.267 e. The van der Waals surface area contributed by atoms with E-state index in [2.05, 4.69) is 28.5 Å². The molecule has 0 aliphatic heterocycles. The molecule has 1 aromatic carbocycles. The normalized spacial score (nSPS) is 15.2. The lowest BCUT2D eigenvalue weighted by Gasteiger charge is -2.11. The number of rotatable bonds is 7. The lowest BCUT2D eigenvalue weighted by Crippen LogP contribution is -2.37. The van der Waals surface area contributed by atoms with Gasteiger partial charge in [-0.3, -0.25) is 4.79 Å². The molecule has 5 nitrogen and oxygen atoms in total. The van der Waals surface area contributed by atoms with Crippen molar-refractivity contribution in [1.82, 2.24) is 10.3 Å². The molecule has 1 aliphatic rings. The fourth-order valence-electron chi connectivity index (χ4n) is 2.74. The first-order chi connectivity index (χ1) is 10.7. The number of nitrogens with one attached hydrogen (secondary N) is 2. The van der Waals surface area contributed by atoms with E-state index in [0.717, 1.165) is 23.7 Å². The van der Waals surface area contributed by atoms with Crippen LogP contribution in [-0.2, 0) is 0 Å². The van der Waals surface area contributed by atoms with Crippen LogP contribution in [0.15, 0.2) is 24.3 Å². The summed E-state index contributed by atoms with van der Waals surface area (Å²) in [7, 11) is 0. The molecule has 1 amide bonds. The van der Waals surface area contributed by atoms with Crippen molar-refractivity contribution in [1.29, 1.82) is 0 Å². The molecule has 1 saturated carbocycles. The van der Waals surface area contributed by atoms with E-state index in [1.807, 2.05) is 6.07 Å². The van der Waals surface area contributed by atoms with E-state index in [4.69, 9.17) is 11.5 Å². The SMILES string of the molecule is Cl.NCCC[C@H](N)CNC(=O)c1cc2ccc(C3CC3)cc2[nH]1. The zero-order valence-electron chi connectivity index (χ0n) is 13.2. The van der Waals surface area contributed by atoms with Gasteiger partial charge in [0, 0.05) is 23.5 Å². The quantitative estimate of drug-likeness (QED) is 0.624. The van der Waals surface area contributed by atoms with Gasteiger partial charge in [-0.25, -0.2) is 0 Å². The van der Waals surface area contributed by atoms with Crippen LogP contribution in [0, 0.1) is 0 Å². The lowest BCUT2D eigenvalue weighted by atomic mass is 10.1. The highest BCUT2D eigenvalue weighted by molar-refractivity contribution is 5.98. The molecule has 6 heteroatoms. The highest BCUT2D eigenvalue weighted by Gasteiger charge is 2.23. The van der Waals surface area contributed by atoms with Crippen molar-refractivity contribution in [2.75, 3.05) is 13.1 Å². The van der Waals surface area contributed by atoms with Crippen molar-refractivity contribution in [3.63, 3.8) is 0 Å². The molecule has 126 valence electrons. The van der Waals surface area contributed by atoms with E-state index in [1.54, 1.807) is 0 Å². The van der Waals surface area contributed by atoms with E-state index < -0.39 is 0 Å². The van der Waals surface area contributed by atoms with E-state index >= 15 is 0 Å². The number of carbonyl (C=O) groups is 1. The molecule has 0 bridgehead atoms. The van der Waals surface area contributed by atoms with Gasteiger partial charge >= 0.3 is 0 Å². The Bertz CT molecular complexity index is 666. The molecular formula is C17H25ClN4O. The van der Waals surface area contributed by atoms with Gasteiger partial charge in [-0.15, -0.1) is 12.4 Å². The molecule has 0 spiro atoms. The van der Waals surface area contributed by atoms with Crippen LogP contribution in [0.4, 0.5) is 0 Å². The molecule has 6 N–H and O–H groups in total. The number of amides is 1. The maximum atomic E-state index is 12.2. The second kappa shape index (κ2) is 7.81. The predicted molar refractivity (Wildman–Crippen MR) is 96.1 cm³/mol. The van der Waals surface area contributed by atoms with Crippen molar-refractivity contribution in [2.24, 2.45) is 11.5 Å². The number of benzene rings is 1. The number of H-pyrrole nitrogens is 1. The predicted octanol–water partition coefficient (Wildman–Crippen LogP) is 2.26. The second-order valence-electron chi connectivity index (χ2n) is 6.20. The van der Waals surface area contributed by atoms with Gasteiger partial charge in [0.2, 0.25) is 0 Å². The van der Waals surface area contributed by atoms with Crippen LogP contribution in [0.2, 0.25) is 0 Å². The summed E-state index contributed by atoms with van der Waals surface area (Å²) in [6, 6.07) is 8.27. The Morgan fingerprint density at radius 3 is 2.83 bits per heavy atom. The maximum Gasteiger partial charge on any atom is 0.267 e. The largest absolute Gasteiger partial charge is 0.351 e. The zero-order chi connectivity index (χ0) is 15.5. The minimum Gasteiger partial charge on any atom is -0.351 e. The molecule has 1 fully saturated rings. The summed E-state index contributed by atoms with van der Waals surface area (Å²) in [6.45, 7) is 1.11. The number of aromatic nitrogens is 1. The number of nitrogens with two attached hydrogens (primary N) is 2. The van der Waals surface area contributed by atoms with Gasteiger partial charge in [0.05, 0.1) is 0 Å². The van der Waals surface area contributed by atoms with Gasteiger partial charge in [0.1, 0.15) is 5.69 Å². The zero-order valence-corrected chi connectivity index (χ0v) is 14.0. The van der Waals surface area contributed by atoms with Crippen LogP contribution in [0.1, 0.15) is 47.7 Å². The summed E-state index contributed by atoms with van der Waals surface area (Å²) in [6.07, 6.45) is 4.27. The summed E-state index contributed by atoms with van der Waals surface area (Å²) in [4.78, 5) is 15.4. The average molecular weight is 337 g/mol. The molecule has 3 rings (SSSR count). The first kappa shape index (κ1) is 17.8. The Morgan fingerprint density at radius 2 is 2.13 bits per heavy atom. The van der Waals surface area contributed by atoms with Crippen molar-refractivity contribution in [2.45, 2.75) is 37.6 Å². The van der Waals surface area contributed by atoms with E-state index in [9.17, 15) is 4.79 Å². The van der Waals surface area contributed by atoms with Crippen LogP contribution in [0.5, 0.6) is 0 Å². The number of aromatic amines is 1. The van der Waals surface area contributed by atoms with Gasteiger partial charge in [0.25, 0.3) is 5.91 Å². The highest BCUT2D eigenvalue weighted by Crippen LogP contribution is 2.40. The number of hydrogen-bond donors (Lipinski definition) is 4. The topological polar surface area (TPSA) is 96.9 Å². The van der Waals surface area contributed by atoms with Gasteiger partial charge < -0.3 is 21.8 Å². The number of fused-ring (bicyclic) bond motifs is 1. The van der Waals surface area contributed by atoms with E-state index in [1.165, 1.54) is 18.4 Å². The van der Waals surface area contributed by atoms with E-state index in [0.29, 0.717) is 24.7 Å². The first-order valence-electron chi connectivity index (χ1n) is 8.04. The Hall–Kier alpha value is -1.56. The highest BCUT2D eigenvalue weighted by atomic mass is 35.5. The Kier molecular flexibility index (Phi) is 6.04. The van der Waals surface area contributed by atoms with Gasteiger partial charge in [-0.05, 0) is 55.8 Å². The standard InChI is InChI=1S/C17H24N4O.ClH/c18-7-1-2-14(19)10-20-17(22)16-9-13-6-5-12(11-3-4-11)8-15(13)21-16;/h5-6,8-9,11,14,21H,1-4,7,10,18-19H2,(H,20,22);1H/t14-;/m0./s1. The van der Waals surface area contributed by atoms with Crippen molar-refractivity contribution < 1.29 is 4.79 Å². The Morgan fingerprint density at radius 1 is 1.35 bits per heavy atom. The Balaban J connectivity index is 0.00000192. The van der Waals surface area contributed by atoms with Crippen LogP contribution in [0.3, 0.4) is 0 Å². The summed E-state index contributed by atoms with van der Waals surface area (Å²) >= 11 is 0. The molecule has 1 aromatic heterocycles. The molecule has 23 heavy (non-hydrogen) atoms. The number of carbonyl (C=O) groups excluding carboxylic acids is 1. The monoisotopic (exact) mass is 336 g/mol. The summed E-state index contributed by atoms with van der Waals surface area (Å²) in [5.41, 5.74) is 14.4. The van der Waals surface area contributed by atoms with Crippen molar-refractivity contribution in [3.8, 4) is 0 Å². The third-order valence-corrected chi connectivity index (χ3v) is 4.24. The fraction of sp³-hybridized carbons (Fsp3) is 0.471. The Labute approximate surface area is 142 Å². The third kappa shape index (κ3) is 4.47. The summed E-state index contributed by atoms with van der Waals surface area (Å²) in [5, 5.41) is 3.95.